The van der Waals surface area contributed by atoms with E-state index < -0.39 is 0 Å². The minimum Gasteiger partial charge on any atom is -0.466 e. The monoisotopic (exact) mass is 171 g/mol. The zero-order chi connectivity index (χ0) is 9.40. The topological polar surface area (TPSA) is 38.3 Å². The summed E-state index contributed by atoms with van der Waals surface area (Å²) in [5.41, 5.74) is 0.857. The number of rotatable bonds is 5. The van der Waals surface area contributed by atoms with Crippen LogP contribution in [0.2, 0.25) is 0 Å². The number of methoxy groups -OCH3 is 1. The molecule has 0 saturated carbocycles. The van der Waals surface area contributed by atoms with Crippen LogP contribution < -0.4 is 5.32 Å². The molecule has 0 heterocycles. The van der Waals surface area contributed by atoms with Crippen LogP contribution in [-0.2, 0) is 9.53 Å². The summed E-state index contributed by atoms with van der Waals surface area (Å²) in [6, 6.07) is 0. The summed E-state index contributed by atoms with van der Waals surface area (Å²) >= 11 is 0. The highest BCUT2D eigenvalue weighted by atomic mass is 16.5. The fraction of sp³-hybridized carbons (Fsp3) is 0.667. The molecule has 0 aliphatic carbocycles. The summed E-state index contributed by atoms with van der Waals surface area (Å²) in [5.74, 6) is -0.309. The van der Waals surface area contributed by atoms with Crippen LogP contribution in [0.1, 0.15) is 26.7 Å². The highest BCUT2D eigenvalue weighted by molar-refractivity contribution is 5.82. The van der Waals surface area contributed by atoms with Crippen molar-refractivity contribution in [3.05, 3.63) is 11.8 Å². The molecule has 0 radical (unpaired) electrons. The Morgan fingerprint density at radius 1 is 1.58 bits per heavy atom. The molecule has 0 aromatic heterocycles. The second kappa shape index (κ2) is 6.70. The second-order valence-electron chi connectivity index (χ2n) is 2.63. The van der Waals surface area contributed by atoms with Crippen molar-refractivity contribution < 1.29 is 9.53 Å². The van der Waals surface area contributed by atoms with Crippen molar-refractivity contribution in [3.8, 4) is 0 Å². The molecule has 1 N–H and O–H groups in total. The van der Waals surface area contributed by atoms with Gasteiger partial charge in [0.2, 0.25) is 0 Å². The van der Waals surface area contributed by atoms with Crippen molar-refractivity contribution in [2.75, 3.05) is 13.7 Å². The van der Waals surface area contributed by atoms with Gasteiger partial charge in [0.05, 0.1) is 7.11 Å². The summed E-state index contributed by atoms with van der Waals surface area (Å²) in [6.45, 7) is 4.89. The van der Waals surface area contributed by atoms with Gasteiger partial charge < -0.3 is 10.1 Å². The zero-order valence-corrected chi connectivity index (χ0v) is 8.02. The first-order valence-electron chi connectivity index (χ1n) is 4.20. The molecular weight excluding hydrogens is 154 g/mol. The summed E-state index contributed by atoms with van der Waals surface area (Å²) in [5, 5.41) is 3.11. The molecule has 0 aromatic carbocycles. The number of esters is 1. The van der Waals surface area contributed by atoms with Gasteiger partial charge >= 0.3 is 5.97 Å². The van der Waals surface area contributed by atoms with Gasteiger partial charge in [-0.1, -0.05) is 13.3 Å². The Labute approximate surface area is 73.8 Å². The third-order valence-corrected chi connectivity index (χ3v) is 1.47. The van der Waals surface area contributed by atoms with Crippen molar-refractivity contribution in [1.82, 2.24) is 5.32 Å². The van der Waals surface area contributed by atoms with Crippen LogP contribution in [0.15, 0.2) is 11.8 Å². The molecule has 70 valence electrons. The van der Waals surface area contributed by atoms with Gasteiger partial charge in [0, 0.05) is 18.3 Å². The maximum Gasteiger partial charge on any atom is 0.332 e. The van der Waals surface area contributed by atoms with Gasteiger partial charge in [0.15, 0.2) is 0 Å². The highest BCUT2D eigenvalue weighted by Gasteiger charge is 1.94. The molecule has 0 atom stereocenters. The van der Waals surface area contributed by atoms with Crippen molar-refractivity contribution in [3.63, 3.8) is 0 Å². The van der Waals surface area contributed by atoms with Gasteiger partial charge in [-0.05, 0) is 13.3 Å². The molecule has 0 saturated heterocycles. The van der Waals surface area contributed by atoms with E-state index in [0.717, 1.165) is 25.1 Å². The summed E-state index contributed by atoms with van der Waals surface area (Å²) in [7, 11) is 1.37. The van der Waals surface area contributed by atoms with E-state index in [2.05, 4.69) is 17.0 Å². The molecular formula is C9H17NO2. The van der Waals surface area contributed by atoms with E-state index >= 15 is 0 Å². The molecule has 0 unspecified atom stereocenters. The van der Waals surface area contributed by atoms with Crippen molar-refractivity contribution in [2.45, 2.75) is 26.7 Å². The predicted octanol–water partition coefficient (Wildman–Crippen LogP) is 1.45. The van der Waals surface area contributed by atoms with Gasteiger partial charge in [0.25, 0.3) is 0 Å². The molecule has 0 aromatic rings. The van der Waals surface area contributed by atoms with Crippen LogP contribution in [0, 0.1) is 0 Å². The van der Waals surface area contributed by atoms with Crippen LogP contribution in [0.4, 0.5) is 0 Å². The molecule has 0 aliphatic rings. The third-order valence-electron chi connectivity index (χ3n) is 1.47. The maximum absolute atomic E-state index is 10.7. The number of unbranched alkanes of at least 4 members (excludes halogenated alkanes) is 1. The summed E-state index contributed by atoms with van der Waals surface area (Å²) in [4.78, 5) is 10.7. The van der Waals surface area contributed by atoms with E-state index in [-0.39, 0.29) is 5.97 Å². The van der Waals surface area contributed by atoms with E-state index in [1.807, 2.05) is 6.92 Å². The Balaban J connectivity index is 3.62. The van der Waals surface area contributed by atoms with E-state index in [1.165, 1.54) is 13.2 Å². The van der Waals surface area contributed by atoms with E-state index in [1.54, 1.807) is 0 Å². The Bertz CT molecular complexity index is 164. The first-order valence-corrected chi connectivity index (χ1v) is 4.20. The normalized spacial score (nSPS) is 11.1. The molecule has 3 nitrogen and oxygen atoms in total. The van der Waals surface area contributed by atoms with Gasteiger partial charge in [-0.3, -0.25) is 0 Å². The number of ether oxygens (including phenoxy) is 1. The highest BCUT2D eigenvalue weighted by Crippen LogP contribution is 1.90. The number of carbonyl (C=O) groups is 1. The van der Waals surface area contributed by atoms with E-state index in [4.69, 9.17) is 0 Å². The molecule has 12 heavy (non-hydrogen) atoms. The minimum atomic E-state index is -0.309. The average molecular weight is 171 g/mol. The largest absolute Gasteiger partial charge is 0.466 e. The lowest BCUT2D eigenvalue weighted by Gasteiger charge is -2.03. The fourth-order valence-corrected chi connectivity index (χ4v) is 0.749. The molecule has 0 fully saturated rings. The van der Waals surface area contributed by atoms with Gasteiger partial charge in [-0.15, -0.1) is 0 Å². The molecule has 0 spiro atoms. The van der Waals surface area contributed by atoms with Gasteiger partial charge in [-0.2, -0.15) is 0 Å². The average Bonchev–Trinajstić information content (AvgIpc) is 2.05. The van der Waals surface area contributed by atoms with Gasteiger partial charge in [0.1, 0.15) is 0 Å². The van der Waals surface area contributed by atoms with E-state index in [9.17, 15) is 4.79 Å². The lowest BCUT2D eigenvalue weighted by Crippen LogP contribution is -2.13. The Hall–Kier alpha value is -0.990. The molecule has 0 amide bonds. The molecule has 0 bridgehead atoms. The Morgan fingerprint density at radius 3 is 2.75 bits per heavy atom. The second-order valence-corrected chi connectivity index (χ2v) is 2.63. The first kappa shape index (κ1) is 11.0. The molecule has 3 heteroatoms. The zero-order valence-electron chi connectivity index (χ0n) is 8.02. The third kappa shape index (κ3) is 5.77. The number of allylic oxidation sites excluding steroid dienone is 1. The van der Waals surface area contributed by atoms with Crippen molar-refractivity contribution in [1.29, 1.82) is 0 Å². The predicted molar refractivity (Wildman–Crippen MR) is 48.7 cm³/mol. The molecule has 0 aliphatic heterocycles. The maximum atomic E-state index is 10.7. The van der Waals surface area contributed by atoms with Crippen LogP contribution >= 0.6 is 0 Å². The fourth-order valence-electron chi connectivity index (χ4n) is 0.749. The van der Waals surface area contributed by atoms with Crippen LogP contribution in [0.3, 0.4) is 0 Å². The van der Waals surface area contributed by atoms with E-state index in [0.29, 0.717) is 0 Å². The van der Waals surface area contributed by atoms with Crippen LogP contribution in [0.25, 0.3) is 0 Å². The number of carbonyl (C=O) groups excluding carboxylic acids is 1. The standard InChI is InChI=1S/C9H17NO2/c1-4-5-6-10-8(2)7-9(11)12-3/h7,10H,4-6H2,1-3H3/b8-7+. The molecule has 0 rings (SSSR count). The number of hydrogen-bond donors (Lipinski definition) is 1. The smallest absolute Gasteiger partial charge is 0.332 e. The number of hydrogen-bond acceptors (Lipinski definition) is 3. The lowest BCUT2D eigenvalue weighted by molar-refractivity contribution is -0.134. The summed E-state index contributed by atoms with van der Waals surface area (Å²) < 4.78 is 4.47. The quantitative estimate of drug-likeness (QED) is 0.386. The summed E-state index contributed by atoms with van der Waals surface area (Å²) in [6.07, 6.45) is 3.72. The lowest BCUT2D eigenvalue weighted by atomic mass is 10.3. The minimum absolute atomic E-state index is 0.309. The Kier molecular flexibility index (Phi) is 6.15. The Morgan fingerprint density at radius 2 is 2.25 bits per heavy atom. The van der Waals surface area contributed by atoms with Crippen molar-refractivity contribution >= 4 is 5.97 Å². The van der Waals surface area contributed by atoms with Crippen LogP contribution in [0.5, 0.6) is 0 Å². The van der Waals surface area contributed by atoms with Gasteiger partial charge in [-0.25, -0.2) is 4.79 Å². The first-order chi connectivity index (χ1) is 5.70. The number of nitrogens with one attached hydrogen (secondary N) is 1. The SMILES string of the molecule is CCCCN/C(C)=C/C(=O)OC. The van der Waals surface area contributed by atoms with Crippen LogP contribution in [-0.4, -0.2) is 19.6 Å². The van der Waals surface area contributed by atoms with Crippen molar-refractivity contribution in [2.24, 2.45) is 0 Å².